The largest absolute Gasteiger partial charge is 0.0651 e. The highest BCUT2D eigenvalue weighted by molar-refractivity contribution is 5.39. The van der Waals surface area contributed by atoms with Crippen molar-refractivity contribution in [2.24, 2.45) is 0 Å². The Balaban J connectivity index is 3.30. The molecule has 1 aromatic carbocycles. The Morgan fingerprint density at radius 3 is 1.88 bits per heavy atom. The van der Waals surface area contributed by atoms with E-state index >= 15 is 0 Å². The van der Waals surface area contributed by atoms with Gasteiger partial charge >= 0.3 is 0 Å². The zero-order valence-corrected chi connectivity index (χ0v) is 12.6. The normalized spacial score (nSPS) is 12.9. The molecule has 0 aliphatic heterocycles. The molecule has 1 rings (SSSR count). The Morgan fingerprint density at radius 2 is 1.47 bits per heavy atom. The summed E-state index contributed by atoms with van der Waals surface area (Å²) in [6, 6.07) is 7.07. The van der Waals surface area contributed by atoms with Crippen molar-refractivity contribution in [2.75, 3.05) is 0 Å². The van der Waals surface area contributed by atoms with Gasteiger partial charge in [-0.1, -0.05) is 73.1 Å². The third-order valence-electron chi connectivity index (χ3n) is 3.30. The molecular weight excluding hydrogens is 204 g/mol. The molecule has 0 fully saturated rings. The zero-order chi connectivity index (χ0) is 13.3. The SMILES string of the molecule is CCCc1ccc(C(C)(C)C)cc1C(C)(C)C. The molecule has 0 heteroatoms. The molecule has 0 saturated carbocycles. The van der Waals surface area contributed by atoms with Gasteiger partial charge in [-0.25, -0.2) is 0 Å². The molecule has 0 heterocycles. The molecular formula is C17H28. The molecule has 0 saturated heterocycles. The van der Waals surface area contributed by atoms with Crippen molar-refractivity contribution >= 4 is 0 Å². The van der Waals surface area contributed by atoms with Gasteiger partial charge < -0.3 is 0 Å². The highest BCUT2D eigenvalue weighted by atomic mass is 14.3. The van der Waals surface area contributed by atoms with Crippen LogP contribution in [0.1, 0.15) is 71.6 Å². The summed E-state index contributed by atoms with van der Waals surface area (Å²) in [5.41, 5.74) is 4.97. The van der Waals surface area contributed by atoms with Gasteiger partial charge in [0, 0.05) is 0 Å². The Labute approximate surface area is 107 Å². The van der Waals surface area contributed by atoms with Gasteiger partial charge in [0.2, 0.25) is 0 Å². The van der Waals surface area contributed by atoms with Crippen LogP contribution in [0.2, 0.25) is 0 Å². The molecule has 0 aliphatic carbocycles. The van der Waals surface area contributed by atoms with Crippen molar-refractivity contribution in [1.82, 2.24) is 0 Å². The molecule has 0 spiro atoms. The minimum absolute atomic E-state index is 0.241. The number of hydrogen-bond donors (Lipinski definition) is 0. The van der Waals surface area contributed by atoms with E-state index in [2.05, 4.69) is 66.7 Å². The van der Waals surface area contributed by atoms with E-state index in [9.17, 15) is 0 Å². The lowest BCUT2D eigenvalue weighted by atomic mass is 9.78. The Bertz CT molecular complexity index is 372. The third kappa shape index (κ3) is 3.59. The van der Waals surface area contributed by atoms with Crippen LogP contribution in [0.5, 0.6) is 0 Å². The average Bonchev–Trinajstić information content (AvgIpc) is 2.15. The third-order valence-corrected chi connectivity index (χ3v) is 3.30. The first-order valence-corrected chi connectivity index (χ1v) is 6.80. The molecule has 0 nitrogen and oxygen atoms in total. The Kier molecular flexibility index (Phi) is 4.06. The molecule has 96 valence electrons. The van der Waals surface area contributed by atoms with Crippen molar-refractivity contribution in [3.63, 3.8) is 0 Å². The van der Waals surface area contributed by atoms with E-state index in [0.29, 0.717) is 0 Å². The quantitative estimate of drug-likeness (QED) is 0.654. The summed E-state index contributed by atoms with van der Waals surface area (Å²) in [7, 11) is 0. The van der Waals surface area contributed by atoms with Crippen LogP contribution in [0.3, 0.4) is 0 Å². The molecule has 17 heavy (non-hydrogen) atoms. The fraction of sp³-hybridized carbons (Fsp3) is 0.647. The standard InChI is InChI=1S/C17H28/c1-8-9-13-10-11-14(16(2,3)4)12-15(13)17(5,6)7/h10-12H,8-9H2,1-7H3. The first-order valence-electron chi connectivity index (χ1n) is 6.80. The van der Waals surface area contributed by atoms with E-state index in [1.165, 1.54) is 29.5 Å². The van der Waals surface area contributed by atoms with Gasteiger partial charge in [-0.3, -0.25) is 0 Å². The van der Waals surface area contributed by atoms with Crippen molar-refractivity contribution in [1.29, 1.82) is 0 Å². The van der Waals surface area contributed by atoms with E-state index in [4.69, 9.17) is 0 Å². The highest BCUT2D eigenvalue weighted by Crippen LogP contribution is 2.31. The van der Waals surface area contributed by atoms with Crippen LogP contribution in [-0.4, -0.2) is 0 Å². The van der Waals surface area contributed by atoms with E-state index in [-0.39, 0.29) is 10.8 Å². The maximum absolute atomic E-state index is 2.42. The topological polar surface area (TPSA) is 0 Å². The average molecular weight is 232 g/mol. The summed E-state index contributed by atoms with van der Waals surface area (Å²) < 4.78 is 0. The summed E-state index contributed by atoms with van der Waals surface area (Å²) in [4.78, 5) is 0. The first-order chi connectivity index (χ1) is 7.66. The second-order valence-corrected chi connectivity index (χ2v) is 7.12. The molecule has 0 atom stereocenters. The molecule has 0 bridgehead atoms. The van der Waals surface area contributed by atoms with Crippen LogP contribution in [0.25, 0.3) is 0 Å². The smallest absolute Gasteiger partial charge is 0.0129 e. The van der Waals surface area contributed by atoms with Crippen LogP contribution in [-0.2, 0) is 17.3 Å². The fourth-order valence-corrected chi connectivity index (χ4v) is 2.23. The first kappa shape index (κ1) is 14.3. The monoisotopic (exact) mass is 232 g/mol. The maximum atomic E-state index is 2.42. The summed E-state index contributed by atoms with van der Waals surface area (Å²) >= 11 is 0. The predicted molar refractivity (Wildman–Crippen MR) is 77.8 cm³/mol. The molecule has 0 radical (unpaired) electrons. The highest BCUT2D eigenvalue weighted by Gasteiger charge is 2.21. The van der Waals surface area contributed by atoms with Crippen LogP contribution in [0, 0.1) is 0 Å². The summed E-state index contributed by atoms with van der Waals surface area (Å²) in [5.74, 6) is 0. The van der Waals surface area contributed by atoms with Gasteiger partial charge in [0.05, 0.1) is 0 Å². The van der Waals surface area contributed by atoms with E-state index in [0.717, 1.165) is 0 Å². The number of hydrogen-bond acceptors (Lipinski definition) is 0. The molecule has 0 aromatic heterocycles. The van der Waals surface area contributed by atoms with Gasteiger partial charge in [0.15, 0.2) is 0 Å². The number of aryl methyl sites for hydroxylation is 1. The van der Waals surface area contributed by atoms with Gasteiger partial charge in [-0.2, -0.15) is 0 Å². The fourth-order valence-electron chi connectivity index (χ4n) is 2.23. The van der Waals surface area contributed by atoms with Crippen molar-refractivity contribution in [3.8, 4) is 0 Å². The van der Waals surface area contributed by atoms with Gasteiger partial charge in [0.1, 0.15) is 0 Å². The minimum atomic E-state index is 0.241. The van der Waals surface area contributed by atoms with E-state index in [1.807, 2.05) is 0 Å². The minimum Gasteiger partial charge on any atom is -0.0651 e. The second-order valence-electron chi connectivity index (χ2n) is 7.12. The van der Waals surface area contributed by atoms with Crippen LogP contribution < -0.4 is 0 Å². The maximum Gasteiger partial charge on any atom is -0.0129 e. The summed E-state index contributed by atoms with van der Waals surface area (Å²) in [6.45, 7) is 16.1. The van der Waals surface area contributed by atoms with Crippen LogP contribution in [0.4, 0.5) is 0 Å². The van der Waals surface area contributed by atoms with Crippen LogP contribution in [0.15, 0.2) is 18.2 Å². The lowest BCUT2D eigenvalue weighted by Gasteiger charge is -2.27. The van der Waals surface area contributed by atoms with Crippen LogP contribution >= 0.6 is 0 Å². The zero-order valence-electron chi connectivity index (χ0n) is 12.6. The molecule has 0 amide bonds. The van der Waals surface area contributed by atoms with Crippen molar-refractivity contribution in [2.45, 2.75) is 72.1 Å². The van der Waals surface area contributed by atoms with Gasteiger partial charge in [-0.15, -0.1) is 0 Å². The van der Waals surface area contributed by atoms with Gasteiger partial charge in [-0.05, 0) is 33.9 Å². The number of rotatable bonds is 2. The second kappa shape index (κ2) is 4.84. The molecule has 0 aliphatic rings. The predicted octanol–water partition coefficient (Wildman–Crippen LogP) is 5.23. The van der Waals surface area contributed by atoms with E-state index < -0.39 is 0 Å². The number of benzene rings is 1. The molecule has 0 unspecified atom stereocenters. The lowest BCUT2D eigenvalue weighted by Crippen LogP contribution is -2.18. The summed E-state index contributed by atoms with van der Waals surface area (Å²) in [5, 5.41) is 0. The molecule has 0 N–H and O–H groups in total. The Hall–Kier alpha value is -0.780. The van der Waals surface area contributed by atoms with Crippen molar-refractivity contribution < 1.29 is 0 Å². The summed E-state index contributed by atoms with van der Waals surface area (Å²) in [6.07, 6.45) is 2.41. The molecule has 1 aromatic rings. The van der Waals surface area contributed by atoms with Gasteiger partial charge in [0.25, 0.3) is 0 Å². The Morgan fingerprint density at radius 1 is 0.882 bits per heavy atom. The van der Waals surface area contributed by atoms with E-state index in [1.54, 1.807) is 0 Å². The van der Waals surface area contributed by atoms with Crippen molar-refractivity contribution in [3.05, 3.63) is 34.9 Å². The lowest BCUT2D eigenvalue weighted by molar-refractivity contribution is 0.562.